The molecule has 1 fully saturated rings. The Morgan fingerprint density at radius 3 is 2.43 bits per heavy atom. The number of benzene rings is 2. The van der Waals surface area contributed by atoms with E-state index in [1.807, 2.05) is 60.0 Å². The quantitative estimate of drug-likeness (QED) is 0.260. The molecule has 0 spiro atoms. The highest BCUT2D eigenvalue weighted by atomic mass is 19.1. The lowest BCUT2D eigenvalue weighted by molar-refractivity contribution is -0.139. The fourth-order valence-electron chi connectivity index (χ4n) is 4.70. The number of pyridine rings is 1. The first-order valence-electron chi connectivity index (χ1n) is 11.4. The Labute approximate surface area is 202 Å². The summed E-state index contributed by atoms with van der Waals surface area (Å²) in [6, 6.07) is 18.3. The van der Waals surface area contributed by atoms with Gasteiger partial charge in [0.15, 0.2) is 5.76 Å². The lowest BCUT2D eigenvalue weighted by atomic mass is 9.95. The highest BCUT2D eigenvalue weighted by Gasteiger charge is 2.47. The van der Waals surface area contributed by atoms with Gasteiger partial charge in [0.05, 0.1) is 17.3 Å². The van der Waals surface area contributed by atoms with Crippen LogP contribution in [0.15, 0.2) is 78.5 Å². The number of fused-ring (bicyclic) bond motifs is 1. The number of hydrogen-bond donors (Lipinski definition) is 1. The summed E-state index contributed by atoms with van der Waals surface area (Å²) in [5.74, 6) is -2.58. The van der Waals surface area contributed by atoms with Crippen molar-refractivity contribution < 1.29 is 19.1 Å². The molecule has 1 N–H and O–H groups in total. The summed E-state index contributed by atoms with van der Waals surface area (Å²) < 4.78 is 16.8. The molecule has 176 valence electrons. The SMILES string of the molecule is Cc1cccn2c(C)c(/C(O)=C3\C(=O)C(=O)N(CCc4ccccc4)C3c3ccccc3F)nc12. The fraction of sp³-hybridized carbons (Fsp3) is 0.179. The first-order chi connectivity index (χ1) is 16.9. The van der Waals surface area contributed by atoms with Crippen molar-refractivity contribution >= 4 is 23.1 Å². The van der Waals surface area contributed by atoms with Gasteiger partial charge in [-0.1, -0.05) is 54.6 Å². The van der Waals surface area contributed by atoms with E-state index in [1.54, 1.807) is 19.1 Å². The molecule has 0 radical (unpaired) electrons. The minimum Gasteiger partial charge on any atom is -0.505 e. The van der Waals surface area contributed by atoms with E-state index in [1.165, 1.54) is 17.0 Å². The molecule has 3 heterocycles. The number of aryl methyl sites for hydroxylation is 2. The molecule has 2 aromatic heterocycles. The van der Waals surface area contributed by atoms with Crippen LogP contribution in [0.25, 0.3) is 11.4 Å². The van der Waals surface area contributed by atoms with Gasteiger partial charge < -0.3 is 14.4 Å². The van der Waals surface area contributed by atoms with Crippen LogP contribution in [0.2, 0.25) is 0 Å². The van der Waals surface area contributed by atoms with Crippen molar-refractivity contribution in [3.8, 4) is 0 Å². The predicted molar refractivity (Wildman–Crippen MR) is 130 cm³/mol. The molecule has 1 saturated heterocycles. The van der Waals surface area contributed by atoms with Gasteiger partial charge in [0, 0.05) is 18.3 Å². The van der Waals surface area contributed by atoms with Crippen LogP contribution in [0.3, 0.4) is 0 Å². The van der Waals surface area contributed by atoms with Crippen LogP contribution in [-0.4, -0.2) is 37.6 Å². The van der Waals surface area contributed by atoms with E-state index in [0.717, 1.165) is 11.1 Å². The predicted octanol–water partition coefficient (Wildman–Crippen LogP) is 4.75. The Balaban J connectivity index is 1.66. The second-order valence-electron chi connectivity index (χ2n) is 8.68. The molecule has 0 saturated carbocycles. The van der Waals surface area contributed by atoms with E-state index < -0.39 is 29.3 Å². The molecule has 6 nitrogen and oxygen atoms in total. The molecule has 35 heavy (non-hydrogen) atoms. The third kappa shape index (κ3) is 3.79. The molecule has 4 aromatic rings. The van der Waals surface area contributed by atoms with Crippen molar-refractivity contribution in [3.63, 3.8) is 0 Å². The summed E-state index contributed by atoms with van der Waals surface area (Å²) in [6.45, 7) is 3.86. The van der Waals surface area contributed by atoms with Crippen molar-refractivity contribution in [2.45, 2.75) is 26.3 Å². The van der Waals surface area contributed by atoms with Gasteiger partial charge in [0.1, 0.15) is 17.2 Å². The van der Waals surface area contributed by atoms with E-state index in [0.29, 0.717) is 17.8 Å². The summed E-state index contributed by atoms with van der Waals surface area (Å²) in [4.78, 5) is 32.3. The van der Waals surface area contributed by atoms with Crippen LogP contribution in [0, 0.1) is 19.7 Å². The molecule has 0 bridgehead atoms. The molecule has 1 unspecified atom stereocenters. The number of likely N-dealkylation sites (tertiary alicyclic amines) is 1. The molecule has 1 aliphatic heterocycles. The summed E-state index contributed by atoms with van der Waals surface area (Å²) in [7, 11) is 0. The zero-order valence-electron chi connectivity index (χ0n) is 19.4. The average Bonchev–Trinajstić information content (AvgIpc) is 3.33. The van der Waals surface area contributed by atoms with Gasteiger partial charge in [-0.05, 0) is 43.5 Å². The zero-order valence-corrected chi connectivity index (χ0v) is 19.4. The van der Waals surface area contributed by atoms with Gasteiger partial charge in [-0.2, -0.15) is 0 Å². The van der Waals surface area contributed by atoms with E-state index in [9.17, 15) is 19.1 Å². The van der Waals surface area contributed by atoms with Gasteiger partial charge in [-0.15, -0.1) is 0 Å². The van der Waals surface area contributed by atoms with Gasteiger partial charge in [0.2, 0.25) is 0 Å². The highest BCUT2D eigenvalue weighted by molar-refractivity contribution is 6.46. The van der Waals surface area contributed by atoms with E-state index >= 15 is 0 Å². The number of rotatable bonds is 5. The van der Waals surface area contributed by atoms with E-state index in [-0.39, 0.29) is 23.4 Å². The van der Waals surface area contributed by atoms with Crippen LogP contribution in [-0.2, 0) is 16.0 Å². The molecule has 5 rings (SSSR count). The molecule has 2 aromatic carbocycles. The standard InChI is InChI=1S/C28H24FN3O3/c1-17-9-8-15-31-18(2)23(30-27(17)31)25(33)22-24(20-12-6-7-13-21(20)29)32(28(35)26(22)34)16-14-19-10-4-3-5-11-19/h3-13,15,24,33H,14,16H2,1-2H3/b25-22+. The zero-order chi connectivity index (χ0) is 24.7. The molecular weight excluding hydrogens is 445 g/mol. The van der Waals surface area contributed by atoms with Gasteiger partial charge in [0.25, 0.3) is 11.7 Å². The van der Waals surface area contributed by atoms with Crippen LogP contribution in [0.5, 0.6) is 0 Å². The van der Waals surface area contributed by atoms with E-state index in [2.05, 4.69) is 4.98 Å². The summed E-state index contributed by atoms with van der Waals surface area (Å²) in [5.41, 5.74) is 3.31. The Kier molecular flexibility index (Phi) is 5.68. The van der Waals surface area contributed by atoms with Crippen molar-refractivity contribution in [1.82, 2.24) is 14.3 Å². The molecule has 7 heteroatoms. The second-order valence-corrected chi connectivity index (χ2v) is 8.68. The van der Waals surface area contributed by atoms with Gasteiger partial charge in [-0.25, -0.2) is 9.37 Å². The molecular formula is C28H24FN3O3. The maximum absolute atomic E-state index is 15.0. The number of carbonyl (C=O) groups is 2. The number of Topliss-reactive ketones (excluding diaryl/α,β-unsaturated/α-hetero) is 1. The number of hydrogen-bond acceptors (Lipinski definition) is 4. The number of imidazole rings is 1. The van der Waals surface area contributed by atoms with Crippen LogP contribution < -0.4 is 0 Å². The Hall–Kier alpha value is -4.26. The van der Waals surface area contributed by atoms with Crippen LogP contribution in [0.1, 0.15) is 34.1 Å². The monoisotopic (exact) mass is 469 g/mol. The third-order valence-corrected chi connectivity index (χ3v) is 6.53. The lowest BCUT2D eigenvalue weighted by Crippen LogP contribution is -2.32. The van der Waals surface area contributed by atoms with Crippen molar-refractivity contribution in [2.75, 3.05) is 6.54 Å². The average molecular weight is 470 g/mol. The highest BCUT2D eigenvalue weighted by Crippen LogP contribution is 2.40. The first kappa shape index (κ1) is 22.5. The first-order valence-corrected chi connectivity index (χ1v) is 11.4. The summed E-state index contributed by atoms with van der Waals surface area (Å²) >= 11 is 0. The van der Waals surface area contributed by atoms with Crippen LogP contribution in [0.4, 0.5) is 4.39 Å². The maximum Gasteiger partial charge on any atom is 0.295 e. The second kappa shape index (κ2) is 8.83. The third-order valence-electron chi connectivity index (χ3n) is 6.53. The maximum atomic E-state index is 15.0. The topological polar surface area (TPSA) is 74.9 Å². The molecule has 0 aliphatic carbocycles. The van der Waals surface area contributed by atoms with Crippen molar-refractivity contribution in [1.29, 1.82) is 0 Å². The Morgan fingerprint density at radius 1 is 1.00 bits per heavy atom. The van der Waals surface area contributed by atoms with Crippen molar-refractivity contribution in [2.24, 2.45) is 0 Å². The normalized spacial score (nSPS) is 17.5. The molecule has 1 aliphatic rings. The number of aliphatic hydroxyl groups excluding tert-OH is 1. The number of amides is 1. The lowest BCUT2D eigenvalue weighted by Gasteiger charge is -2.25. The Bertz CT molecular complexity index is 1490. The number of carbonyl (C=O) groups excluding carboxylic acids is 2. The smallest absolute Gasteiger partial charge is 0.295 e. The number of ketones is 1. The van der Waals surface area contributed by atoms with E-state index in [4.69, 9.17) is 0 Å². The number of aromatic nitrogens is 2. The minimum absolute atomic E-state index is 0.152. The summed E-state index contributed by atoms with van der Waals surface area (Å²) in [5, 5.41) is 11.4. The number of aliphatic hydroxyl groups is 1. The molecule has 1 atom stereocenters. The van der Waals surface area contributed by atoms with Gasteiger partial charge >= 0.3 is 0 Å². The minimum atomic E-state index is -1.06. The van der Waals surface area contributed by atoms with Gasteiger partial charge in [-0.3, -0.25) is 9.59 Å². The number of nitrogens with zero attached hydrogens (tertiary/aromatic N) is 3. The van der Waals surface area contributed by atoms with Crippen molar-refractivity contribution in [3.05, 3.63) is 112 Å². The fourth-order valence-corrected chi connectivity index (χ4v) is 4.70. The Morgan fingerprint density at radius 2 is 1.71 bits per heavy atom. The largest absolute Gasteiger partial charge is 0.505 e. The number of halogens is 1. The van der Waals surface area contributed by atoms with Crippen LogP contribution >= 0.6 is 0 Å². The summed E-state index contributed by atoms with van der Waals surface area (Å²) in [6.07, 6.45) is 2.29. The molecule has 1 amide bonds.